The van der Waals surface area contributed by atoms with Crippen LogP contribution < -0.4 is 20.5 Å². The molecule has 2 aromatic carbocycles. The predicted octanol–water partition coefficient (Wildman–Crippen LogP) is 3.13. The number of anilines is 1. The van der Waals surface area contributed by atoms with Crippen LogP contribution in [0.15, 0.2) is 53.5 Å². The lowest BCUT2D eigenvalue weighted by atomic mass is 9.92. The van der Waals surface area contributed by atoms with Gasteiger partial charge in [0.25, 0.3) is 11.5 Å². The second-order valence-electron chi connectivity index (χ2n) is 8.12. The molecule has 1 unspecified atom stereocenters. The SMILES string of the molecule is COc1cc(F)c([C@@H]2CN(c3c(C#N)ccn(C)c3=O)C(=O)C2NC(=O)c2ccc(Cl)cc2)c(F)c1. The summed E-state index contributed by atoms with van der Waals surface area (Å²) in [6.07, 6.45) is 1.37. The van der Waals surface area contributed by atoms with E-state index >= 15 is 8.78 Å². The Morgan fingerprint density at radius 3 is 2.39 bits per heavy atom. The Bertz CT molecular complexity index is 1440. The van der Waals surface area contributed by atoms with Gasteiger partial charge in [0.2, 0.25) is 5.91 Å². The number of methoxy groups -OCH3 is 1. The summed E-state index contributed by atoms with van der Waals surface area (Å²) in [5, 5.41) is 12.5. The zero-order chi connectivity index (χ0) is 26.1. The summed E-state index contributed by atoms with van der Waals surface area (Å²) >= 11 is 5.87. The van der Waals surface area contributed by atoms with Crippen molar-refractivity contribution in [3.63, 3.8) is 0 Å². The third-order valence-electron chi connectivity index (χ3n) is 6.00. The van der Waals surface area contributed by atoms with E-state index < -0.39 is 46.5 Å². The van der Waals surface area contributed by atoms with Crippen LogP contribution in [0.25, 0.3) is 0 Å². The summed E-state index contributed by atoms with van der Waals surface area (Å²) in [4.78, 5) is 40.4. The van der Waals surface area contributed by atoms with Crippen LogP contribution >= 0.6 is 11.6 Å². The number of benzene rings is 2. The molecule has 2 heterocycles. The highest BCUT2D eigenvalue weighted by Crippen LogP contribution is 2.36. The smallest absolute Gasteiger partial charge is 0.275 e. The van der Waals surface area contributed by atoms with E-state index in [1.807, 2.05) is 6.07 Å². The number of nitrogens with one attached hydrogen (secondary N) is 1. The van der Waals surface area contributed by atoms with E-state index in [0.717, 1.165) is 17.0 Å². The molecule has 0 radical (unpaired) electrons. The van der Waals surface area contributed by atoms with Gasteiger partial charge >= 0.3 is 0 Å². The van der Waals surface area contributed by atoms with Crippen molar-refractivity contribution in [2.75, 3.05) is 18.6 Å². The Kier molecular flexibility index (Phi) is 6.77. The molecule has 4 rings (SSSR count). The number of pyridine rings is 1. The Morgan fingerprint density at radius 1 is 1.17 bits per heavy atom. The molecule has 3 aromatic rings. The van der Waals surface area contributed by atoms with E-state index in [0.29, 0.717) is 5.02 Å². The lowest BCUT2D eigenvalue weighted by Crippen LogP contribution is -2.44. The summed E-state index contributed by atoms with van der Waals surface area (Å²) in [6.45, 7) is -0.363. The predicted molar refractivity (Wildman–Crippen MR) is 127 cm³/mol. The largest absolute Gasteiger partial charge is 0.497 e. The van der Waals surface area contributed by atoms with Gasteiger partial charge in [0.05, 0.1) is 12.7 Å². The van der Waals surface area contributed by atoms with Crippen LogP contribution in [-0.2, 0) is 11.8 Å². The molecule has 0 saturated carbocycles. The van der Waals surface area contributed by atoms with E-state index in [2.05, 4.69) is 5.32 Å². The number of carbonyl (C=O) groups is 2. The lowest BCUT2D eigenvalue weighted by molar-refractivity contribution is -0.118. The van der Waals surface area contributed by atoms with Gasteiger partial charge in [-0.3, -0.25) is 14.4 Å². The van der Waals surface area contributed by atoms with Crippen molar-refractivity contribution in [3.05, 3.63) is 92.4 Å². The standard InChI is InChI=1S/C25H19ClF2N4O4/c1-31-8-7-14(11-29)22(25(31)35)32-12-17(20-18(27)9-16(36-2)10-19(20)28)21(24(32)34)30-23(33)13-3-5-15(26)6-4-13/h3-10,17,21H,12H2,1-2H3,(H,30,33)/t17-,21?/m0/s1. The molecule has 11 heteroatoms. The summed E-state index contributed by atoms with van der Waals surface area (Å²) in [7, 11) is 2.69. The van der Waals surface area contributed by atoms with Crippen molar-refractivity contribution in [1.82, 2.24) is 9.88 Å². The molecular weight excluding hydrogens is 494 g/mol. The molecule has 8 nitrogen and oxygen atoms in total. The van der Waals surface area contributed by atoms with Crippen LogP contribution in [0.5, 0.6) is 5.75 Å². The summed E-state index contributed by atoms with van der Waals surface area (Å²) < 4.78 is 36.2. The minimum absolute atomic E-state index is 0.0691. The van der Waals surface area contributed by atoms with Crippen LogP contribution in [0.1, 0.15) is 27.4 Å². The molecule has 1 N–H and O–H groups in total. The second-order valence-corrected chi connectivity index (χ2v) is 8.56. The quantitative estimate of drug-likeness (QED) is 0.565. The fraction of sp³-hybridized carbons (Fsp3) is 0.200. The summed E-state index contributed by atoms with van der Waals surface area (Å²) in [5.74, 6) is -4.75. The van der Waals surface area contributed by atoms with E-state index in [1.165, 1.54) is 55.3 Å². The fourth-order valence-corrected chi connectivity index (χ4v) is 4.31. The molecule has 0 spiro atoms. The number of ether oxygens (including phenoxy) is 1. The number of hydrogen-bond donors (Lipinski definition) is 1. The van der Waals surface area contributed by atoms with Crippen LogP contribution in [0.2, 0.25) is 5.02 Å². The Hall–Kier alpha value is -4.23. The van der Waals surface area contributed by atoms with Crippen LogP contribution in [-0.4, -0.2) is 36.1 Å². The average Bonchev–Trinajstić information content (AvgIpc) is 3.15. The van der Waals surface area contributed by atoms with Crippen molar-refractivity contribution in [2.45, 2.75) is 12.0 Å². The van der Waals surface area contributed by atoms with Crippen LogP contribution in [0, 0.1) is 23.0 Å². The third kappa shape index (κ3) is 4.41. The number of aryl methyl sites for hydroxylation is 1. The van der Waals surface area contributed by atoms with Gasteiger partial charge in [-0.15, -0.1) is 0 Å². The number of nitrogens with zero attached hydrogens (tertiary/aromatic N) is 3. The minimum Gasteiger partial charge on any atom is -0.497 e. The van der Waals surface area contributed by atoms with Crippen LogP contribution in [0.4, 0.5) is 14.5 Å². The topological polar surface area (TPSA) is 104 Å². The molecule has 0 bridgehead atoms. The van der Waals surface area contributed by atoms with E-state index in [1.54, 1.807) is 0 Å². The van der Waals surface area contributed by atoms with Gasteiger partial charge in [-0.1, -0.05) is 11.6 Å². The Balaban J connectivity index is 1.82. The van der Waals surface area contributed by atoms with E-state index in [-0.39, 0.29) is 29.1 Å². The number of carbonyl (C=O) groups excluding carboxylic acids is 2. The highest BCUT2D eigenvalue weighted by molar-refractivity contribution is 6.30. The van der Waals surface area contributed by atoms with Crippen LogP contribution in [0.3, 0.4) is 0 Å². The van der Waals surface area contributed by atoms with E-state index in [9.17, 15) is 19.6 Å². The first-order valence-electron chi connectivity index (χ1n) is 10.7. The maximum Gasteiger partial charge on any atom is 0.275 e. The molecular formula is C25H19ClF2N4O4. The molecule has 1 aromatic heterocycles. The van der Waals surface area contributed by atoms with Crippen molar-refractivity contribution in [1.29, 1.82) is 5.26 Å². The third-order valence-corrected chi connectivity index (χ3v) is 6.25. The molecule has 184 valence electrons. The van der Waals surface area contributed by atoms with Crippen molar-refractivity contribution < 1.29 is 23.1 Å². The lowest BCUT2D eigenvalue weighted by Gasteiger charge is -2.20. The molecule has 1 aliphatic rings. The number of amides is 2. The summed E-state index contributed by atoms with van der Waals surface area (Å²) in [5.41, 5.74) is -1.28. The van der Waals surface area contributed by atoms with Gasteiger partial charge in [0.1, 0.15) is 35.2 Å². The zero-order valence-electron chi connectivity index (χ0n) is 19.1. The normalized spacial score (nSPS) is 17.1. The minimum atomic E-state index is -1.44. The van der Waals surface area contributed by atoms with Gasteiger partial charge in [0, 0.05) is 54.0 Å². The number of nitriles is 1. The molecule has 1 saturated heterocycles. The molecule has 2 atom stereocenters. The maximum atomic E-state index is 15.1. The first kappa shape index (κ1) is 24.9. The number of aromatic nitrogens is 1. The number of halogens is 3. The van der Waals surface area contributed by atoms with Gasteiger partial charge in [-0.25, -0.2) is 8.78 Å². The first-order valence-corrected chi connectivity index (χ1v) is 11.0. The monoisotopic (exact) mass is 512 g/mol. The zero-order valence-corrected chi connectivity index (χ0v) is 19.8. The molecule has 0 aliphatic carbocycles. The molecule has 36 heavy (non-hydrogen) atoms. The highest BCUT2D eigenvalue weighted by atomic mass is 35.5. The van der Waals surface area contributed by atoms with Crippen molar-refractivity contribution in [3.8, 4) is 11.8 Å². The Labute approximate surface area is 209 Å². The van der Waals surface area contributed by atoms with Gasteiger partial charge in [0.15, 0.2) is 0 Å². The molecule has 1 aliphatic heterocycles. The maximum absolute atomic E-state index is 15.1. The second kappa shape index (κ2) is 9.79. The first-order chi connectivity index (χ1) is 17.2. The van der Waals surface area contributed by atoms with Gasteiger partial charge in [-0.2, -0.15) is 5.26 Å². The van der Waals surface area contributed by atoms with Crippen molar-refractivity contribution >= 4 is 29.1 Å². The highest BCUT2D eigenvalue weighted by Gasteiger charge is 2.46. The fourth-order valence-electron chi connectivity index (χ4n) is 4.18. The Morgan fingerprint density at radius 2 is 1.81 bits per heavy atom. The molecule has 2 amide bonds. The number of rotatable bonds is 5. The average molecular weight is 513 g/mol. The van der Waals surface area contributed by atoms with Crippen molar-refractivity contribution in [2.24, 2.45) is 7.05 Å². The molecule has 1 fully saturated rings. The van der Waals surface area contributed by atoms with E-state index in [4.69, 9.17) is 16.3 Å². The summed E-state index contributed by atoms with van der Waals surface area (Å²) in [6, 6.07) is 9.53. The van der Waals surface area contributed by atoms with Gasteiger partial charge in [-0.05, 0) is 30.3 Å². The van der Waals surface area contributed by atoms with Gasteiger partial charge < -0.3 is 19.5 Å². The number of hydrogen-bond acceptors (Lipinski definition) is 5.